The molecule has 0 heterocycles. The predicted molar refractivity (Wildman–Crippen MR) is 55.8 cm³/mol. The second-order valence-corrected chi connectivity index (χ2v) is 5.76. The number of Topliss-reactive ketones (excluding diaryl/α,β-unsaturated/α-hetero) is 1. The van der Waals surface area contributed by atoms with E-state index in [9.17, 15) is 4.79 Å². The average molecular weight is 203 g/mol. The molecule has 15 heavy (non-hydrogen) atoms. The molecule has 4 aliphatic rings. The van der Waals surface area contributed by atoms with Gasteiger partial charge in [0.15, 0.2) is 5.78 Å². The summed E-state index contributed by atoms with van der Waals surface area (Å²) in [7, 11) is 0. The van der Waals surface area contributed by atoms with Gasteiger partial charge in [-0.2, -0.15) is 5.26 Å². The van der Waals surface area contributed by atoms with Crippen LogP contribution in [0.5, 0.6) is 0 Å². The molecule has 2 heteroatoms. The Morgan fingerprint density at radius 3 is 2.07 bits per heavy atom. The fourth-order valence-electron chi connectivity index (χ4n) is 4.65. The Labute approximate surface area is 90.7 Å². The summed E-state index contributed by atoms with van der Waals surface area (Å²) in [5, 5.41) is 8.62. The molecule has 0 unspecified atom stereocenters. The first kappa shape index (κ1) is 9.39. The van der Waals surface area contributed by atoms with Gasteiger partial charge in [0.25, 0.3) is 0 Å². The number of ketones is 1. The summed E-state index contributed by atoms with van der Waals surface area (Å²) in [6.45, 7) is 0. The van der Waals surface area contributed by atoms with E-state index in [0.29, 0.717) is 11.8 Å². The molecule has 4 aliphatic carbocycles. The average Bonchev–Trinajstić information content (AvgIpc) is 2.15. The van der Waals surface area contributed by atoms with Crippen molar-refractivity contribution in [2.45, 2.75) is 38.5 Å². The van der Waals surface area contributed by atoms with Crippen molar-refractivity contribution < 1.29 is 4.79 Å². The molecule has 0 aliphatic heterocycles. The van der Waals surface area contributed by atoms with Gasteiger partial charge < -0.3 is 0 Å². The van der Waals surface area contributed by atoms with Crippen LogP contribution in [-0.2, 0) is 4.79 Å². The number of carbonyl (C=O) groups excluding carboxylic acids is 1. The lowest BCUT2D eigenvalue weighted by molar-refractivity contribution is -0.134. The van der Waals surface area contributed by atoms with Gasteiger partial charge in [-0.05, 0) is 55.8 Å². The van der Waals surface area contributed by atoms with Crippen LogP contribution in [0, 0.1) is 40.9 Å². The van der Waals surface area contributed by atoms with Crippen LogP contribution in [0.2, 0.25) is 0 Å². The molecule has 80 valence electrons. The number of carbonyl (C=O) groups is 1. The Kier molecular flexibility index (Phi) is 2.09. The van der Waals surface area contributed by atoms with E-state index >= 15 is 0 Å². The molecule has 4 saturated carbocycles. The Balaban J connectivity index is 1.80. The van der Waals surface area contributed by atoms with Crippen LogP contribution in [0.25, 0.3) is 0 Å². The Hall–Kier alpha value is -0.840. The highest BCUT2D eigenvalue weighted by molar-refractivity contribution is 5.83. The lowest BCUT2D eigenvalue weighted by atomic mass is 9.51. The molecule has 4 fully saturated rings. The number of nitrogens with zero attached hydrogens (tertiary/aromatic N) is 1. The van der Waals surface area contributed by atoms with E-state index in [-0.39, 0.29) is 18.1 Å². The van der Waals surface area contributed by atoms with Crippen molar-refractivity contribution in [3.8, 4) is 6.07 Å². The molecule has 0 N–H and O–H groups in total. The van der Waals surface area contributed by atoms with Crippen molar-refractivity contribution in [1.82, 2.24) is 0 Å². The summed E-state index contributed by atoms with van der Waals surface area (Å²) in [6, 6.07) is 2.03. The fourth-order valence-corrected chi connectivity index (χ4v) is 4.65. The minimum Gasteiger partial charge on any atom is -0.298 e. The first-order chi connectivity index (χ1) is 7.28. The standard InChI is InChI=1S/C13H17NO/c14-2-1-12(15)13-10-4-8-3-9(6-10)7-11(13)5-8/h8-11,13H,1,3-7H2. The zero-order valence-corrected chi connectivity index (χ0v) is 8.98. The van der Waals surface area contributed by atoms with E-state index in [2.05, 4.69) is 0 Å². The van der Waals surface area contributed by atoms with Crippen molar-refractivity contribution in [2.75, 3.05) is 0 Å². The molecule has 0 aromatic heterocycles. The third-order valence-corrected chi connectivity index (χ3v) is 4.85. The largest absolute Gasteiger partial charge is 0.298 e. The molecule has 0 aromatic rings. The summed E-state index contributed by atoms with van der Waals surface area (Å²) in [6.07, 6.45) is 6.66. The van der Waals surface area contributed by atoms with Gasteiger partial charge in [0.2, 0.25) is 0 Å². The third-order valence-electron chi connectivity index (χ3n) is 4.85. The molecule has 0 amide bonds. The second-order valence-electron chi connectivity index (χ2n) is 5.76. The van der Waals surface area contributed by atoms with E-state index in [1.54, 1.807) is 0 Å². The van der Waals surface area contributed by atoms with Crippen molar-refractivity contribution in [3.05, 3.63) is 0 Å². The maximum Gasteiger partial charge on any atom is 0.150 e. The molecule has 2 nitrogen and oxygen atoms in total. The van der Waals surface area contributed by atoms with Crippen LogP contribution >= 0.6 is 0 Å². The molecule has 0 radical (unpaired) electrons. The maximum atomic E-state index is 11.9. The van der Waals surface area contributed by atoms with Crippen molar-refractivity contribution in [3.63, 3.8) is 0 Å². The minimum absolute atomic E-state index is 0.146. The van der Waals surface area contributed by atoms with E-state index in [0.717, 1.165) is 11.8 Å². The highest BCUT2D eigenvalue weighted by atomic mass is 16.1. The van der Waals surface area contributed by atoms with Crippen LogP contribution in [-0.4, -0.2) is 5.78 Å². The Morgan fingerprint density at radius 1 is 1.07 bits per heavy atom. The monoisotopic (exact) mass is 203 g/mol. The van der Waals surface area contributed by atoms with Gasteiger partial charge in [-0.15, -0.1) is 0 Å². The van der Waals surface area contributed by atoms with Crippen LogP contribution in [0.15, 0.2) is 0 Å². The number of rotatable bonds is 2. The number of hydrogen-bond donors (Lipinski definition) is 0. The molecule has 0 saturated heterocycles. The van der Waals surface area contributed by atoms with Crippen LogP contribution in [0.3, 0.4) is 0 Å². The topological polar surface area (TPSA) is 40.9 Å². The van der Waals surface area contributed by atoms with Crippen molar-refractivity contribution >= 4 is 5.78 Å². The van der Waals surface area contributed by atoms with Gasteiger partial charge in [-0.25, -0.2) is 0 Å². The molecule has 0 spiro atoms. The summed E-state index contributed by atoms with van der Waals surface area (Å²) in [5.74, 6) is 3.62. The molecule has 0 aromatic carbocycles. The van der Waals surface area contributed by atoms with Gasteiger partial charge in [0.05, 0.1) is 12.5 Å². The van der Waals surface area contributed by atoms with Crippen molar-refractivity contribution in [2.24, 2.45) is 29.6 Å². The van der Waals surface area contributed by atoms with Crippen LogP contribution in [0.4, 0.5) is 0 Å². The van der Waals surface area contributed by atoms with E-state index in [1.807, 2.05) is 6.07 Å². The SMILES string of the molecule is N#CCC(=O)C1C2CC3CC(C2)CC1C3. The highest BCUT2D eigenvalue weighted by Gasteiger charge is 2.50. The van der Waals surface area contributed by atoms with Gasteiger partial charge in [0.1, 0.15) is 0 Å². The van der Waals surface area contributed by atoms with E-state index < -0.39 is 0 Å². The third kappa shape index (κ3) is 1.40. The normalized spacial score (nSPS) is 46.5. The maximum absolute atomic E-state index is 11.9. The summed E-state index contributed by atoms with van der Waals surface area (Å²) in [4.78, 5) is 11.9. The summed E-state index contributed by atoms with van der Waals surface area (Å²) in [5.41, 5.74) is 0. The van der Waals surface area contributed by atoms with Gasteiger partial charge in [-0.3, -0.25) is 4.79 Å². The first-order valence-corrected chi connectivity index (χ1v) is 6.17. The van der Waals surface area contributed by atoms with Gasteiger partial charge in [0, 0.05) is 5.92 Å². The van der Waals surface area contributed by atoms with E-state index in [4.69, 9.17) is 5.26 Å². The predicted octanol–water partition coefficient (Wildman–Crippen LogP) is 2.54. The quantitative estimate of drug-likeness (QED) is 0.692. The Bertz CT molecular complexity index is 300. The fraction of sp³-hybridized carbons (Fsp3) is 0.846. The second kappa shape index (κ2) is 3.33. The lowest BCUT2D eigenvalue weighted by Crippen LogP contribution is -2.47. The zero-order chi connectivity index (χ0) is 10.4. The molecular formula is C13H17NO. The van der Waals surface area contributed by atoms with Gasteiger partial charge in [-0.1, -0.05) is 0 Å². The highest BCUT2D eigenvalue weighted by Crippen LogP contribution is 2.56. The van der Waals surface area contributed by atoms with Gasteiger partial charge >= 0.3 is 0 Å². The number of nitriles is 1. The summed E-state index contributed by atoms with van der Waals surface area (Å²) < 4.78 is 0. The van der Waals surface area contributed by atoms with Crippen molar-refractivity contribution in [1.29, 1.82) is 5.26 Å². The first-order valence-electron chi connectivity index (χ1n) is 6.17. The number of hydrogen-bond acceptors (Lipinski definition) is 2. The molecular weight excluding hydrogens is 186 g/mol. The molecule has 4 bridgehead atoms. The molecule has 0 atom stereocenters. The minimum atomic E-state index is 0.146. The summed E-state index contributed by atoms with van der Waals surface area (Å²) >= 11 is 0. The van der Waals surface area contributed by atoms with E-state index in [1.165, 1.54) is 32.1 Å². The zero-order valence-electron chi connectivity index (χ0n) is 8.98. The lowest BCUT2D eigenvalue weighted by Gasteiger charge is -2.53. The Morgan fingerprint density at radius 2 is 1.60 bits per heavy atom. The van der Waals surface area contributed by atoms with Crippen LogP contribution < -0.4 is 0 Å². The van der Waals surface area contributed by atoms with Crippen LogP contribution in [0.1, 0.15) is 38.5 Å². The smallest absolute Gasteiger partial charge is 0.150 e. The molecule has 4 rings (SSSR count).